The first kappa shape index (κ1) is 40.0. The summed E-state index contributed by atoms with van der Waals surface area (Å²) in [6, 6.07) is 15.3. The molecule has 2 heterocycles. The van der Waals surface area contributed by atoms with Crippen LogP contribution in [0, 0.1) is 11.3 Å². The van der Waals surface area contributed by atoms with E-state index in [9.17, 15) is 23.5 Å². The summed E-state index contributed by atoms with van der Waals surface area (Å²) in [5, 5.41) is 12.0. The third-order valence-electron chi connectivity index (χ3n) is 11.0. The number of methoxy groups -OCH3 is 1. The summed E-state index contributed by atoms with van der Waals surface area (Å²) in [4.78, 5) is 31.7. The number of carbonyl (C=O) groups is 2. The number of amides is 1. The molecule has 1 amide bonds. The van der Waals surface area contributed by atoms with Crippen LogP contribution in [-0.4, -0.2) is 110 Å². The minimum Gasteiger partial charge on any atom is -0.496 e. The van der Waals surface area contributed by atoms with Crippen molar-refractivity contribution in [3.8, 4) is 22.6 Å². The number of benzene rings is 3. The lowest BCUT2D eigenvalue weighted by molar-refractivity contribution is -0.178. The number of nitrogens with zero attached hydrogens (tertiary/aromatic N) is 3. The van der Waals surface area contributed by atoms with Crippen LogP contribution in [-0.2, 0) is 16.0 Å². The molecule has 12 heteroatoms. The first-order valence-electron chi connectivity index (χ1n) is 18.1. The number of rotatable bonds is 14. The highest BCUT2D eigenvalue weighted by molar-refractivity contribution is 6.01. The second-order valence-electron chi connectivity index (χ2n) is 15.0. The fourth-order valence-corrected chi connectivity index (χ4v) is 7.91. The molecule has 2 fully saturated rings. The molecular weight excluding hydrogens is 690 g/mol. The zero-order chi connectivity index (χ0) is 38.7. The van der Waals surface area contributed by atoms with Crippen LogP contribution in [0.3, 0.4) is 0 Å². The number of carboxylic acid groups (broad SMARTS) is 1. The molecule has 1 atom stereocenters. The molecule has 53 heavy (non-hydrogen) atoms. The Morgan fingerprint density at radius 3 is 2.19 bits per heavy atom. The van der Waals surface area contributed by atoms with Gasteiger partial charge in [-0.05, 0) is 111 Å². The predicted octanol–water partition coefficient (Wildman–Crippen LogP) is 7.64. The molecule has 8 nitrogen and oxygen atoms in total. The number of piperidine rings is 2. The number of halogens is 4. The normalized spacial score (nSPS) is 18.1. The Balaban J connectivity index is 1.47. The van der Waals surface area contributed by atoms with Crippen LogP contribution >= 0.6 is 0 Å². The van der Waals surface area contributed by atoms with Gasteiger partial charge in [0.1, 0.15) is 23.0 Å². The van der Waals surface area contributed by atoms with E-state index < -0.39 is 60.1 Å². The van der Waals surface area contributed by atoms with E-state index in [0.717, 1.165) is 66.6 Å². The van der Waals surface area contributed by atoms with E-state index in [-0.39, 0.29) is 19.5 Å². The number of likely N-dealkylation sites (N-methyl/N-ethyl adjacent to an activating group) is 1. The van der Waals surface area contributed by atoms with Crippen molar-refractivity contribution in [1.29, 1.82) is 0 Å². The van der Waals surface area contributed by atoms with Crippen molar-refractivity contribution in [3.05, 3.63) is 72.3 Å². The van der Waals surface area contributed by atoms with E-state index in [1.54, 1.807) is 19.2 Å². The van der Waals surface area contributed by atoms with Gasteiger partial charge in [0.2, 0.25) is 5.91 Å². The van der Waals surface area contributed by atoms with Gasteiger partial charge in [-0.15, -0.1) is 0 Å². The second kappa shape index (κ2) is 16.1. The van der Waals surface area contributed by atoms with Crippen molar-refractivity contribution in [2.75, 3.05) is 60.5 Å². The minimum absolute atomic E-state index is 0.174. The highest BCUT2D eigenvalue weighted by Gasteiger charge is 2.61. The van der Waals surface area contributed by atoms with Crippen molar-refractivity contribution in [1.82, 2.24) is 14.7 Å². The first-order valence-corrected chi connectivity index (χ1v) is 18.1. The molecule has 3 aromatic rings. The lowest BCUT2D eigenvalue weighted by Crippen LogP contribution is -2.61. The summed E-state index contributed by atoms with van der Waals surface area (Å²) in [6.07, 6.45) is 1.04. The molecule has 0 aliphatic carbocycles. The Hall–Kier alpha value is -4.16. The number of carbonyl (C=O) groups excluding carboxylic acids is 1. The van der Waals surface area contributed by atoms with Gasteiger partial charge < -0.3 is 24.4 Å². The molecule has 1 N–H and O–H groups in total. The maximum Gasteiger partial charge on any atom is 0.326 e. The third-order valence-corrected chi connectivity index (χ3v) is 11.0. The molecule has 2 aliphatic heterocycles. The lowest BCUT2D eigenvalue weighted by atomic mass is 9.69. The molecule has 0 saturated carbocycles. The Morgan fingerprint density at radius 2 is 1.58 bits per heavy atom. The van der Waals surface area contributed by atoms with Crippen LogP contribution < -0.4 is 9.47 Å². The van der Waals surface area contributed by atoms with E-state index in [4.69, 9.17) is 9.47 Å². The molecule has 5 rings (SSSR count). The van der Waals surface area contributed by atoms with Crippen LogP contribution in [0.25, 0.3) is 21.9 Å². The Kier molecular flexibility index (Phi) is 12.1. The number of hydrogen-bond acceptors (Lipinski definition) is 6. The van der Waals surface area contributed by atoms with Gasteiger partial charge >= 0.3 is 5.97 Å². The summed E-state index contributed by atoms with van der Waals surface area (Å²) < 4.78 is 72.0. The van der Waals surface area contributed by atoms with Gasteiger partial charge in [0, 0.05) is 20.4 Å². The van der Waals surface area contributed by atoms with Crippen LogP contribution in [0.1, 0.15) is 45.1 Å². The van der Waals surface area contributed by atoms with Gasteiger partial charge in [0.25, 0.3) is 11.8 Å². The summed E-state index contributed by atoms with van der Waals surface area (Å²) >= 11 is 0. The van der Waals surface area contributed by atoms with E-state index in [0.29, 0.717) is 29.6 Å². The lowest BCUT2D eigenvalue weighted by Gasteiger charge is -2.47. The maximum atomic E-state index is 16.1. The largest absolute Gasteiger partial charge is 0.496 e. The van der Waals surface area contributed by atoms with E-state index in [1.165, 1.54) is 11.9 Å². The number of likely N-dealkylation sites (tertiary alicyclic amines) is 2. The number of alkyl halides is 4. The summed E-state index contributed by atoms with van der Waals surface area (Å²) in [5.41, 5.74) is -0.737. The molecule has 0 radical (unpaired) electrons. The molecule has 0 unspecified atom stereocenters. The number of carboxylic acids is 1. The first-order chi connectivity index (χ1) is 25.0. The molecule has 0 bridgehead atoms. The van der Waals surface area contributed by atoms with Gasteiger partial charge in [0.05, 0.1) is 25.8 Å². The van der Waals surface area contributed by atoms with Gasteiger partial charge in [-0.1, -0.05) is 49.0 Å². The minimum atomic E-state index is -3.71. The van der Waals surface area contributed by atoms with Crippen LogP contribution in [0.5, 0.6) is 11.5 Å². The smallest absolute Gasteiger partial charge is 0.326 e. The Bertz CT molecular complexity index is 1800. The van der Waals surface area contributed by atoms with Gasteiger partial charge in [-0.3, -0.25) is 9.69 Å². The van der Waals surface area contributed by atoms with Crippen LogP contribution in [0.2, 0.25) is 0 Å². The van der Waals surface area contributed by atoms with Crippen molar-refractivity contribution in [3.63, 3.8) is 0 Å². The fraction of sp³-hybridized carbons (Fsp3) is 0.512. The molecule has 0 spiro atoms. The molecule has 0 aromatic heterocycles. The zero-order valence-electron chi connectivity index (χ0n) is 31.3. The van der Waals surface area contributed by atoms with Crippen molar-refractivity contribution in [2.24, 2.45) is 11.3 Å². The van der Waals surface area contributed by atoms with E-state index in [2.05, 4.69) is 18.5 Å². The average molecular weight is 742 g/mol. The van der Waals surface area contributed by atoms with Crippen molar-refractivity contribution >= 4 is 22.6 Å². The maximum absolute atomic E-state index is 16.1. The average Bonchev–Trinajstić information content (AvgIpc) is 3.12. The topological polar surface area (TPSA) is 82.5 Å². The van der Waals surface area contributed by atoms with Gasteiger partial charge in [0.15, 0.2) is 0 Å². The summed E-state index contributed by atoms with van der Waals surface area (Å²) in [7, 11) is 4.93. The van der Waals surface area contributed by atoms with E-state index >= 15 is 8.78 Å². The number of aliphatic carboxylic acids is 1. The standard InChI is InChI=1S/C41H51F4N3O5/c1-27(2)41(44,45)40(18-22-48(23-19-40)26-39(3,42)43)38(51)47(5)33(37(49)50)24-29-10-7-12-31-30(29)11-8-13-32(31)36-34(52-6)14-9-15-35(36)53-25-28-16-20-46(4)21-17-28/h7-15,28,33H,1,16-26H2,2-6H3,(H,49,50)/t33-/m0/s1. The highest BCUT2D eigenvalue weighted by atomic mass is 19.3. The quantitative estimate of drug-likeness (QED) is 0.134. The predicted molar refractivity (Wildman–Crippen MR) is 198 cm³/mol. The highest BCUT2D eigenvalue weighted by Crippen LogP contribution is 2.50. The summed E-state index contributed by atoms with van der Waals surface area (Å²) in [6.45, 7) is 6.92. The molecule has 288 valence electrons. The van der Waals surface area contributed by atoms with Gasteiger partial charge in [-0.2, -0.15) is 0 Å². The SMILES string of the molecule is C=C(C)C(F)(F)C1(C(=O)N(C)[C@@H](Cc2cccc3c(-c4c(OC)cccc4OCC4CCN(C)CC4)cccc23)C(=O)O)CCN(CC(C)(F)F)CC1. The fourth-order valence-electron chi connectivity index (χ4n) is 7.91. The summed E-state index contributed by atoms with van der Waals surface area (Å²) in [5.74, 6) is -7.49. The van der Waals surface area contributed by atoms with Gasteiger partial charge in [-0.25, -0.2) is 22.4 Å². The number of allylic oxidation sites excluding steroid dienone is 1. The number of hydrogen-bond donors (Lipinski definition) is 1. The van der Waals surface area contributed by atoms with Crippen molar-refractivity contribution in [2.45, 2.75) is 63.8 Å². The zero-order valence-corrected chi connectivity index (χ0v) is 31.3. The van der Waals surface area contributed by atoms with Crippen molar-refractivity contribution < 1.29 is 41.7 Å². The number of fused-ring (bicyclic) bond motifs is 1. The Morgan fingerprint density at radius 1 is 0.981 bits per heavy atom. The number of ether oxygens (including phenoxy) is 2. The van der Waals surface area contributed by atoms with Crippen LogP contribution in [0.15, 0.2) is 66.7 Å². The monoisotopic (exact) mass is 741 g/mol. The molecular formula is C41H51F4N3O5. The third kappa shape index (κ3) is 8.49. The Labute approximate surface area is 309 Å². The van der Waals surface area contributed by atoms with Crippen LogP contribution in [0.4, 0.5) is 17.6 Å². The molecule has 2 saturated heterocycles. The van der Waals surface area contributed by atoms with E-state index in [1.807, 2.05) is 42.5 Å². The molecule has 2 aliphatic rings. The second-order valence-corrected chi connectivity index (χ2v) is 15.0. The molecule has 3 aromatic carbocycles.